The predicted octanol–water partition coefficient (Wildman–Crippen LogP) is 4.15. The minimum absolute atomic E-state index is 0.263. The highest BCUT2D eigenvalue weighted by Crippen LogP contribution is 2.23. The zero-order chi connectivity index (χ0) is 13.1. The fourth-order valence-corrected chi connectivity index (χ4v) is 1.84. The van der Waals surface area contributed by atoms with Crippen LogP contribution in [0.15, 0.2) is 46.9 Å². The first-order valence-electron chi connectivity index (χ1n) is 5.39. The van der Waals surface area contributed by atoms with Gasteiger partial charge in [-0.15, -0.1) is 0 Å². The van der Waals surface area contributed by atoms with Crippen LogP contribution in [-0.4, -0.2) is 5.91 Å². The van der Waals surface area contributed by atoms with Gasteiger partial charge in [0.1, 0.15) is 5.82 Å². The molecule has 2 nitrogen and oxygen atoms in total. The Balaban J connectivity index is 2.21. The summed E-state index contributed by atoms with van der Waals surface area (Å²) < 4.78 is 13.7. The zero-order valence-corrected chi connectivity index (χ0v) is 11.3. The van der Waals surface area contributed by atoms with Crippen molar-refractivity contribution in [2.45, 2.75) is 6.92 Å². The van der Waals surface area contributed by atoms with Gasteiger partial charge in [0.15, 0.2) is 0 Å². The van der Waals surface area contributed by atoms with E-state index in [-0.39, 0.29) is 5.91 Å². The third kappa shape index (κ3) is 2.96. The van der Waals surface area contributed by atoms with Crippen molar-refractivity contribution in [3.05, 3.63) is 63.9 Å². The Morgan fingerprint density at radius 1 is 1.17 bits per heavy atom. The number of amides is 1. The summed E-state index contributed by atoms with van der Waals surface area (Å²) in [6.07, 6.45) is 0. The Morgan fingerprint density at radius 2 is 1.83 bits per heavy atom. The van der Waals surface area contributed by atoms with Gasteiger partial charge in [0.05, 0.1) is 5.69 Å². The molecule has 0 aromatic heterocycles. The third-order valence-electron chi connectivity index (χ3n) is 2.49. The fraction of sp³-hybridized carbons (Fsp3) is 0.0714. The fourth-order valence-electron chi connectivity index (χ4n) is 1.49. The van der Waals surface area contributed by atoms with E-state index in [0.717, 1.165) is 5.56 Å². The van der Waals surface area contributed by atoms with Crippen LogP contribution >= 0.6 is 15.9 Å². The van der Waals surface area contributed by atoms with Crippen LogP contribution in [0.3, 0.4) is 0 Å². The molecule has 0 aliphatic rings. The lowest BCUT2D eigenvalue weighted by Gasteiger charge is -2.07. The Bertz CT molecular complexity index is 581. The lowest BCUT2D eigenvalue weighted by atomic mass is 10.1. The molecule has 92 valence electrons. The van der Waals surface area contributed by atoms with Crippen LogP contribution < -0.4 is 5.32 Å². The van der Waals surface area contributed by atoms with Crippen molar-refractivity contribution in [2.24, 2.45) is 0 Å². The third-order valence-corrected chi connectivity index (χ3v) is 3.18. The minimum Gasteiger partial charge on any atom is -0.321 e. The van der Waals surface area contributed by atoms with Crippen LogP contribution in [-0.2, 0) is 0 Å². The molecule has 18 heavy (non-hydrogen) atoms. The highest BCUT2D eigenvalue weighted by atomic mass is 79.9. The van der Waals surface area contributed by atoms with E-state index in [1.165, 1.54) is 12.1 Å². The molecule has 0 aliphatic heterocycles. The van der Waals surface area contributed by atoms with Gasteiger partial charge in [0.2, 0.25) is 0 Å². The van der Waals surface area contributed by atoms with E-state index in [2.05, 4.69) is 21.2 Å². The monoisotopic (exact) mass is 307 g/mol. The van der Waals surface area contributed by atoms with Crippen LogP contribution in [0.2, 0.25) is 0 Å². The first-order chi connectivity index (χ1) is 8.56. The molecule has 0 saturated heterocycles. The second-order valence-corrected chi connectivity index (χ2v) is 4.80. The molecule has 2 aromatic carbocycles. The van der Waals surface area contributed by atoms with E-state index in [4.69, 9.17) is 0 Å². The molecule has 0 atom stereocenters. The second kappa shape index (κ2) is 5.31. The summed E-state index contributed by atoms with van der Waals surface area (Å²) in [5.41, 5.74) is 2.04. The quantitative estimate of drug-likeness (QED) is 0.887. The largest absolute Gasteiger partial charge is 0.321 e. The number of hydrogen-bond acceptors (Lipinski definition) is 1. The number of nitrogens with one attached hydrogen (secondary N) is 1. The normalized spacial score (nSPS) is 10.2. The maximum absolute atomic E-state index is 13.1. The number of carbonyl (C=O) groups is 1. The lowest BCUT2D eigenvalue weighted by Crippen LogP contribution is -2.12. The topological polar surface area (TPSA) is 29.1 Å². The number of rotatable bonds is 2. The summed E-state index contributed by atoms with van der Waals surface area (Å²) in [4.78, 5) is 11.9. The molecule has 1 amide bonds. The van der Waals surface area contributed by atoms with Crippen LogP contribution in [0.4, 0.5) is 10.1 Å². The first kappa shape index (κ1) is 12.8. The van der Waals surface area contributed by atoms with Crippen molar-refractivity contribution in [1.29, 1.82) is 0 Å². The summed E-state index contributed by atoms with van der Waals surface area (Å²) in [7, 11) is 0. The SMILES string of the molecule is Cc1ccc(C(=O)Nc2cc(F)ccc2Br)cc1. The van der Waals surface area contributed by atoms with Crippen molar-refractivity contribution in [3.63, 3.8) is 0 Å². The number of carbonyl (C=O) groups excluding carboxylic acids is 1. The summed E-state index contributed by atoms with van der Waals surface area (Å²) in [5, 5.41) is 2.66. The van der Waals surface area contributed by atoms with Crippen molar-refractivity contribution >= 4 is 27.5 Å². The summed E-state index contributed by atoms with van der Waals surface area (Å²) in [6, 6.07) is 11.3. The highest BCUT2D eigenvalue weighted by molar-refractivity contribution is 9.10. The van der Waals surface area contributed by atoms with Crippen molar-refractivity contribution in [3.8, 4) is 0 Å². The van der Waals surface area contributed by atoms with Crippen molar-refractivity contribution < 1.29 is 9.18 Å². The van der Waals surface area contributed by atoms with E-state index in [1.807, 2.05) is 19.1 Å². The Morgan fingerprint density at radius 3 is 2.50 bits per heavy atom. The minimum atomic E-state index is -0.391. The average molecular weight is 308 g/mol. The molecule has 0 saturated carbocycles. The van der Waals surface area contributed by atoms with Gasteiger partial charge >= 0.3 is 0 Å². The molecular weight excluding hydrogens is 297 g/mol. The van der Waals surface area contributed by atoms with E-state index in [0.29, 0.717) is 15.7 Å². The van der Waals surface area contributed by atoms with Gasteiger partial charge in [0.25, 0.3) is 5.91 Å². The Labute approximate surface area is 113 Å². The molecule has 0 heterocycles. The average Bonchev–Trinajstić information content (AvgIpc) is 2.34. The Kier molecular flexibility index (Phi) is 3.77. The van der Waals surface area contributed by atoms with Gasteiger partial charge in [-0.3, -0.25) is 4.79 Å². The van der Waals surface area contributed by atoms with Gasteiger partial charge in [-0.25, -0.2) is 4.39 Å². The summed E-state index contributed by atoms with van der Waals surface area (Å²) in [6.45, 7) is 1.95. The maximum atomic E-state index is 13.1. The number of hydrogen-bond donors (Lipinski definition) is 1. The molecular formula is C14H11BrFNO. The van der Waals surface area contributed by atoms with E-state index in [1.54, 1.807) is 18.2 Å². The number of benzene rings is 2. The van der Waals surface area contributed by atoms with E-state index in [9.17, 15) is 9.18 Å². The molecule has 0 aliphatic carbocycles. The van der Waals surface area contributed by atoms with Crippen LogP contribution in [0.5, 0.6) is 0 Å². The van der Waals surface area contributed by atoms with Crippen LogP contribution in [0.25, 0.3) is 0 Å². The van der Waals surface area contributed by atoms with Gasteiger partial charge in [-0.05, 0) is 53.2 Å². The number of anilines is 1. The molecule has 0 spiro atoms. The lowest BCUT2D eigenvalue weighted by molar-refractivity contribution is 0.102. The molecule has 0 bridgehead atoms. The molecule has 0 fully saturated rings. The van der Waals surface area contributed by atoms with Gasteiger partial charge < -0.3 is 5.32 Å². The van der Waals surface area contributed by atoms with E-state index >= 15 is 0 Å². The van der Waals surface area contributed by atoms with Gasteiger partial charge in [0, 0.05) is 10.0 Å². The molecule has 2 rings (SSSR count). The van der Waals surface area contributed by atoms with Crippen LogP contribution in [0.1, 0.15) is 15.9 Å². The molecule has 0 radical (unpaired) electrons. The smallest absolute Gasteiger partial charge is 0.255 e. The molecule has 4 heteroatoms. The zero-order valence-electron chi connectivity index (χ0n) is 9.71. The standard InChI is InChI=1S/C14H11BrFNO/c1-9-2-4-10(5-3-9)14(18)17-13-8-11(16)6-7-12(13)15/h2-8H,1H3,(H,17,18). The van der Waals surface area contributed by atoms with Gasteiger partial charge in [-0.1, -0.05) is 17.7 Å². The van der Waals surface area contributed by atoms with E-state index < -0.39 is 5.82 Å². The second-order valence-electron chi connectivity index (χ2n) is 3.94. The number of halogens is 2. The molecule has 0 unspecified atom stereocenters. The Hall–Kier alpha value is -1.68. The summed E-state index contributed by atoms with van der Waals surface area (Å²) in [5.74, 6) is -0.654. The summed E-state index contributed by atoms with van der Waals surface area (Å²) >= 11 is 3.26. The first-order valence-corrected chi connectivity index (χ1v) is 6.18. The van der Waals surface area contributed by atoms with Crippen LogP contribution in [0, 0.1) is 12.7 Å². The van der Waals surface area contributed by atoms with Crippen molar-refractivity contribution in [2.75, 3.05) is 5.32 Å². The number of aryl methyl sites for hydroxylation is 1. The predicted molar refractivity (Wildman–Crippen MR) is 73.2 cm³/mol. The molecule has 1 N–H and O–H groups in total. The molecule has 2 aromatic rings. The maximum Gasteiger partial charge on any atom is 0.255 e. The highest BCUT2D eigenvalue weighted by Gasteiger charge is 2.08. The van der Waals surface area contributed by atoms with Gasteiger partial charge in [-0.2, -0.15) is 0 Å². The van der Waals surface area contributed by atoms with Crippen molar-refractivity contribution in [1.82, 2.24) is 0 Å².